The van der Waals surface area contributed by atoms with Gasteiger partial charge >= 0.3 is 0 Å². The van der Waals surface area contributed by atoms with Crippen LogP contribution >= 0.6 is 23.1 Å². The van der Waals surface area contributed by atoms with Crippen molar-refractivity contribution in [2.24, 2.45) is 5.73 Å². The monoisotopic (exact) mass is 316 g/mol. The fraction of sp³-hybridized carbons (Fsp3) is 0.0667. The van der Waals surface area contributed by atoms with Crippen LogP contribution < -0.4 is 11.5 Å². The molecule has 0 atom stereocenters. The van der Waals surface area contributed by atoms with E-state index in [-0.39, 0.29) is 17.0 Å². The van der Waals surface area contributed by atoms with Gasteiger partial charge in [0.1, 0.15) is 0 Å². The highest BCUT2D eigenvalue weighted by molar-refractivity contribution is 8.01. The standard InChI is InChI=1S/C15H12N2O2S2/c1-2-8-20-15-10(14(17)19)11(16)13(21-15)12(18)9-6-4-3-5-7-9/h1,3-7H,8,16H2,(H2,17,19). The summed E-state index contributed by atoms with van der Waals surface area (Å²) in [4.78, 5) is 24.3. The van der Waals surface area contributed by atoms with Crippen molar-refractivity contribution in [1.29, 1.82) is 0 Å². The number of primary amides is 1. The Balaban J connectivity index is 2.48. The van der Waals surface area contributed by atoms with Crippen molar-refractivity contribution in [1.82, 2.24) is 0 Å². The number of benzene rings is 1. The molecule has 4 N–H and O–H groups in total. The minimum Gasteiger partial charge on any atom is -0.397 e. The van der Waals surface area contributed by atoms with E-state index in [2.05, 4.69) is 5.92 Å². The second kappa shape index (κ2) is 6.48. The largest absolute Gasteiger partial charge is 0.397 e. The van der Waals surface area contributed by atoms with Crippen LogP contribution in [0.2, 0.25) is 0 Å². The number of nitrogens with two attached hydrogens (primary N) is 2. The molecule has 1 aromatic carbocycles. The van der Waals surface area contributed by atoms with E-state index in [9.17, 15) is 9.59 Å². The molecule has 1 amide bonds. The Hall–Kier alpha value is -2.23. The van der Waals surface area contributed by atoms with Crippen molar-refractivity contribution < 1.29 is 9.59 Å². The van der Waals surface area contributed by atoms with E-state index < -0.39 is 5.91 Å². The molecule has 0 aliphatic heterocycles. The van der Waals surface area contributed by atoms with Crippen LogP contribution in [0.5, 0.6) is 0 Å². The molecule has 2 rings (SSSR count). The minimum atomic E-state index is -0.657. The quantitative estimate of drug-likeness (QED) is 0.504. The van der Waals surface area contributed by atoms with Crippen molar-refractivity contribution in [2.45, 2.75) is 4.21 Å². The molecule has 0 spiro atoms. The van der Waals surface area contributed by atoms with E-state index in [1.54, 1.807) is 24.3 Å². The van der Waals surface area contributed by atoms with Crippen LogP contribution in [-0.2, 0) is 0 Å². The van der Waals surface area contributed by atoms with E-state index >= 15 is 0 Å². The van der Waals surface area contributed by atoms with Crippen LogP contribution in [0.25, 0.3) is 0 Å². The number of thioether (sulfide) groups is 1. The lowest BCUT2D eigenvalue weighted by molar-refractivity contribution is 0.0999. The maximum Gasteiger partial charge on any atom is 0.252 e. The number of amides is 1. The van der Waals surface area contributed by atoms with Crippen LogP contribution in [0.15, 0.2) is 34.5 Å². The van der Waals surface area contributed by atoms with E-state index in [0.29, 0.717) is 20.4 Å². The highest BCUT2D eigenvalue weighted by Gasteiger charge is 2.24. The lowest BCUT2D eigenvalue weighted by atomic mass is 10.1. The maximum absolute atomic E-state index is 12.5. The van der Waals surface area contributed by atoms with Crippen LogP contribution in [0, 0.1) is 12.3 Å². The number of rotatable bonds is 5. The summed E-state index contributed by atoms with van der Waals surface area (Å²) in [5, 5.41) is 0. The number of ketones is 1. The van der Waals surface area contributed by atoms with Crippen molar-refractivity contribution in [2.75, 3.05) is 11.5 Å². The number of anilines is 1. The Morgan fingerprint density at radius 3 is 2.52 bits per heavy atom. The third-order valence-electron chi connectivity index (χ3n) is 2.69. The first-order valence-corrected chi connectivity index (χ1v) is 7.74. The Bertz CT molecular complexity index is 730. The minimum absolute atomic E-state index is 0.126. The van der Waals surface area contributed by atoms with E-state index in [1.165, 1.54) is 11.8 Å². The number of hydrogen-bond donors (Lipinski definition) is 2. The first-order valence-electron chi connectivity index (χ1n) is 5.94. The molecule has 0 radical (unpaired) electrons. The first kappa shape index (κ1) is 15.2. The number of terminal acetylenes is 1. The van der Waals surface area contributed by atoms with Crippen LogP contribution in [0.3, 0.4) is 0 Å². The van der Waals surface area contributed by atoms with Gasteiger partial charge in [-0.1, -0.05) is 36.3 Å². The molecule has 106 valence electrons. The van der Waals surface area contributed by atoms with Crippen LogP contribution in [-0.4, -0.2) is 17.4 Å². The lowest BCUT2D eigenvalue weighted by Crippen LogP contribution is -2.14. The highest BCUT2D eigenvalue weighted by Crippen LogP contribution is 2.38. The zero-order valence-electron chi connectivity index (χ0n) is 11.0. The van der Waals surface area contributed by atoms with Gasteiger partial charge in [-0.05, 0) is 0 Å². The molecule has 21 heavy (non-hydrogen) atoms. The molecule has 4 nitrogen and oxygen atoms in total. The topological polar surface area (TPSA) is 86.2 Å². The second-order valence-electron chi connectivity index (χ2n) is 4.06. The SMILES string of the molecule is C#CCSc1sc(C(=O)c2ccccc2)c(N)c1C(N)=O. The fourth-order valence-electron chi connectivity index (χ4n) is 1.75. The number of nitrogen functional groups attached to an aromatic ring is 1. The number of carbonyl (C=O) groups is 2. The smallest absolute Gasteiger partial charge is 0.252 e. The van der Waals surface area contributed by atoms with Gasteiger partial charge in [-0.25, -0.2) is 0 Å². The van der Waals surface area contributed by atoms with Gasteiger partial charge in [0, 0.05) is 5.56 Å². The van der Waals surface area contributed by atoms with Gasteiger partial charge in [0.05, 0.1) is 26.1 Å². The van der Waals surface area contributed by atoms with Crippen molar-refractivity contribution in [3.63, 3.8) is 0 Å². The van der Waals surface area contributed by atoms with Gasteiger partial charge in [0.15, 0.2) is 0 Å². The molecule has 0 bridgehead atoms. The molecule has 0 aliphatic rings. The van der Waals surface area contributed by atoms with E-state index in [1.807, 2.05) is 6.07 Å². The Morgan fingerprint density at radius 1 is 1.29 bits per heavy atom. The number of thiophene rings is 1. The van der Waals surface area contributed by atoms with Gasteiger partial charge in [0.2, 0.25) is 5.78 Å². The third kappa shape index (κ3) is 3.10. The predicted molar refractivity (Wildman–Crippen MR) is 86.7 cm³/mol. The molecule has 6 heteroatoms. The molecule has 0 fully saturated rings. The van der Waals surface area contributed by atoms with Crippen LogP contribution in [0.4, 0.5) is 5.69 Å². The van der Waals surface area contributed by atoms with Gasteiger partial charge in [-0.15, -0.1) is 29.5 Å². The molecule has 0 aliphatic carbocycles. The summed E-state index contributed by atoms with van der Waals surface area (Å²) in [6.07, 6.45) is 5.22. The summed E-state index contributed by atoms with van der Waals surface area (Å²) in [7, 11) is 0. The summed E-state index contributed by atoms with van der Waals surface area (Å²) in [5.74, 6) is 1.95. The summed E-state index contributed by atoms with van der Waals surface area (Å²) in [5.41, 5.74) is 12.1. The normalized spacial score (nSPS) is 10.0. The number of carbonyl (C=O) groups excluding carboxylic acids is 2. The van der Waals surface area contributed by atoms with Crippen molar-refractivity contribution in [3.05, 3.63) is 46.3 Å². The summed E-state index contributed by atoms with van der Waals surface area (Å²) >= 11 is 2.42. The first-order chi connectivity index (χ1) is 10.1. The Morgan fingerprint density at radius 2 is 1.95 bits per heavy atom. The summed E-state index contributed by atoms with van der Waals surface area (Å²) in [6.45, 7) is 0. The molecule has 1 heterocycles. The van der Waals surface area contributed by atoms with Crippen molar-refractivity contribution in [3.8, 4) is 12.3 Å². The van der Waals surface area contributed by atoms with Gasteiger partial charge in [0.25, 0.3) is 5.91 Å². The third-order valence-corrected chi connectivity index (χ3v) is 5.07. The van der Waals surface area contributed by atoms with E-state index in [0.717, 1.165) is 11.3 Å². The Labute approximate surface area is 130 Å². The molecule has 0 unspecified atom stereocenters. The summed E-state index contributed by atoms with van der Waals surface area (Å²) < 4.78 is 0.581. The zero-order chi connectivity index (χ0) is 15.4. The maximum atomic E-state index is 12.5. The molecular weight excluding hydrogens is 304 g/mol. The Kier molecular flexibility index (Phi) is 4.68. The van der Waals surface area contributed by atoms with Crippen molar-refractivity contribution >= 4 is 40.5 Å². The average molecular weight is 316 g/mol. The molecule has 0 saturated heterocycles. The molecular formula is C15H12N2O2S2. The van der Waals surface area contributed by atoms with Gasteiger partial charge < -0.3 is 11.5 Å². The molecule has 2 aromatic rings. The lowest BCUT2D eigenvalue weighted by Gasteiger charge is -2.00. The second-order valence-corrected chi connectivity index (χ2v) is 6.32. The molecule has 0 saturated carbocycles. The summed E-state index contributed by atoms with van der Waals surface area (Å²) in [6, 6.07) is 8.73. The number of hydrogen-bond acceptors (Lipinski definition) is 5. The van der Waals surface area contributed by atoms with Crippen LogP contribution in [0.1, 0.15) is 25.6 Å². The average Bonchev–Trinajstić information content (AvgIpc) is 2.82. The molecule has 1 aromatic heterocycles. The zero-order valence-corrected chi connectivity index (χ0v) is 12.6. The fourth-order valence-corrected chi connectivity index (χ4v) is 3.91. The van der Waals surface area contributed by atoms with E-state index in [4.69, 9.17) is 17.9 Å². The van der Waals surface area contributed by atoms with Gasteiger partial charge in [-0.3, -0.25) is 9.59 Å². The highest BCUT2D eigenvalue weighted by atomic mass is 32.2. The van der Waals surface area contributed by atoms with Gasteiger partial charge in [-0.2, -0.15) is 0 Å². The predicted octanol–water partition coefficient (Wildman–Crippen LogP) is 2.39.